The number of ether oxygens (including phenoxy) is 1. The van der Waals surface area contributed by atoms with Crippen molar-refractivity contribution in [1.29, 1.82) is 0 Å². The first-order chi connectivity index (χ1) is 8.47. The van der Waals surface area contributed by atoms with Gasteiger partial charge in [0.1, 0.15) is 5.60 Å². The van der Waals surface area contributed by atoms with Gasteiger partial charge in [-0.25, -0.2) is 0 Å². The molecule has 1 saturated carbocycles. The van der Waals surface area contributed by atoms with Crippen LogP contribution in [0.3, 0.4) is 0 Å². The fourth-order valence-corrected chi connectivity index (χ4v) is 4.37. The van der Waals surface area contributed by atoms with E-state index in [9.17, 15) is 10.2 Å². The molecule has 0 bridgehead atoms. The van der Waals surface area contributed by atoms with Crippen LogP contribution in [0, 0.1) is 23.2 Å². The summed E-state index contributed by atoms with van der Waals surface area (Å²) in [6, 6.07) is 0. The number of fused-ring (bicyclic) bond motifs is 3. The molecule has 0 radical (unpaired) electrons. The predicted octanol–water partition coefficient (Wildman–Crippen LogP) is 1.74. The van der Waals surface area contributed by atoms with Crippen LogP contribution in [0.4, 0.5) is 0 Å². The van der Waals surface area contributed by atoms with Gasteiger partial charge in [-0.2, -0.15) is 0 Å². The van der Waals surface area contributed by atoms with Crippen LogP contribution < -0.4 is 0 Å². The maximum atomic E-state index is 10.4. The van der Waals surface area contributed by atoms with Crippen molar-refractivity contribution >= 4 is 0 Å². The van der Waals surface area contributed by atoms with E-state index in [1.165, 1.54) is 0 Å². The molecule has 3 heteroatoms. The minimum atomic E-state index is -0.487. The molecule has 18 heavy (non-hydrogen) atoms. The maximum absolute atomic E-state index is 10.4. The van der Waals surface area contributed by atoms with E-state index >= 15 is 0 Å². The molecule has 2 aliphatic carbocycles. The molecule has 3 rings (SSSR count). The van der Waals surface area contributed by atoms with Crippen molar-refractivity contribution in [1.82, 2.24) is 0 Å². The van der Waals surface area contributed by atoms with Gasteiger partial charge in [-0.05, 0) is 24.7 Å². The predicted molar refractivity (Wildman–Crippen MR) is 69.0 cm³/mol. The van der Waals surface area contributed by atoms with Gasteiger partial charge in [-0.3, -0.25) is 0 Å². The fraction of sp³-hybridized carbons (Fsp3) is 0.867. The van der Waals surface area contributed by atoms with Crippen molar-refractivity contribution in [3.8, 4) is 0 Å². The van der Waals surface area contributed by atoms with Crippen molar-refractivity contribution < 1.29 is 14.9 Å². The summed E-state index contributed by atoms with van der Waals surface area (Å²) in [4.78, 5) is 0. The normalized spacial score (nSPS) is 55.6. The molecule has 2 fully saturated rings. The minimum Gasteiger partial charge on any atom is -0.396 e. The number of aliphatic hydroxyl groups excluding tert-OH is 2. The quantitative estimate of drug-likeness (QED) is 0.581. The number of allylic oxidation sites excluding steroid dienone is 2. The molecule has 0 spiro atoms. The van der Waals surface area contributed by atoms with E-state index < -0.39 is 11.7 Å². The Bertz CT molecular complexity index is 380. The highest BCUT2D eigenvalue weighted by Gasteiger charge is 2.75. The zero-order valence-electron chi connectivity index (χ0n) is 11.5. The summed E-state index contributed by atoms with van der Waals surface area (Å²) in [5, 5.41) is 19.9. The summed E-state index contributed by atoms with van der Waals surface area (Å²) in [6.45, 7) is 6.65. The first-order valence-electron chi connectivity index (χ1n) is 7.11. The van der Waals surface area contributed by atoms with Crippen LogP contribution in [0.5, 0.6) is 0 Å². The smallest absolute Gasteiger partial charge is 0.126 e. The standard InChI is InChI=1S/C15H24O3/c1-9-5-4-6-11-7-12(17)15(10(2)8-16)13(18-15)14(9,11)3/h4,6,9-13,16-17H,5,7-8H2,1-3H3/t9-,10?,11+,12-,13-,14+,15+/m0/s1. The molecule has 1 aliphatic heterocycles. The van der Waals surface area contributed by atoms with Gasteiger partial charge in [0.05, 0.1) is 12.2 Å². The molecule has 0 aromatic carbocycles. The molecule has 7 atom stereocenters. The molecule has 1 unspecified atom stereocenters. The number of aliphatic hydroxyl groups is 2. The molecule has 0 amide bonds. The first-order valence-corrected chi connectivity index (χ1v) is 7.11. The number of rotatable bonds is 2. The second-order valence-corrected chi connectivity index (χ2v) is 6.72. The van der Waals surface area contributed by atoms with Gasteiger partial charge in [0.15, 0.2) is 0 Å². The monoisotopic (exact) mass is 252 g/mol. The van der Waals surface area contributed by atoms with Crippen LogP contribution >= 0.6 is 0 Å². The van der Waals surface area contributed by atoms with Crippen molar-refractivity contribution in [2.24, 2.45) is 23.2 Å². The summed E-state index contributed by atoms with van der Waals surface area (Å²) in [5.41, 5.74) is -0.378. The third-order valence-corrected chi connectivity index (χ3v) is 6.00. The Balaban J connectivity index is 1.97. The van der Waals surface area contributed by atoms with Gasteiger partial charge >= 0.3 is 0 Å². The Kier molecular flexibility index (Phi) is 2.68. The van der Waals surface area contributed by atoms with E-state index in [0.717, 1.165) is 12.8 Å². The number of hydrogen-bond donors (Lipinski definition) is 2. The molecule has 3 nitrogen and oxygen atoms in total. The van der Waals surface area contributed by atoms with E-state index in [4.69, 9.17) is 4.74 Å². The van der Waals surface area contributed by atoms with Crippen molar-refractivity contribution in [3.05, 3.63) is 12.2 Å². The molecule has 1 heterocycles. The van der Waals surface area contributed by atoms with Gasteiger partial charge in [-0.1, -0.05) is 32.9 Å². The van der Waals surface area contributed by atoms with Crippen LogP contribution in [-0.2, 0) is 4.74 Å². The summed E-state index contributed by atoms with van der Waals surface area (Å²) in [5.74, 6) is 0.980. The number of hydrogen-bond acceptors (Lipinski definition) is 3. The topological polar surface area (TPSA) is 53.0 Å². The molecular formula is C15H24O3. The van der Waals surface area contributed by atoms with Crippen LogP contribution in [0.15, 0.2) is 12.2 Å². The van der Waals surface area contributed by atoms with Gasteiger partial charge < -0.3 is 14.9 Å². The highest BCUT2D eigenvalue weighted by molar-refractivity contribution is 5.26. The van der Waals surface area contributed by atoms with Crippen LogP contribution in [0.25, 0.3) is 0 Å². The second kappa shape index (κ2) is 3.81. The second-order valence-electron chi connectivity index (χ2n) is 6.72. The molecule has 0 aromatic rings. The Labute approximate surface area is 109 Å². The van der Waals surface area contributed by atoms with E-state index in [-0.39, 0.29) is 24.0 Å². The lowest BCUT2D eigenvalue weighted by atomic mass is 9.54. The molecule has 0 aromatic heterocycles. The van der Waals surface area contributed by atoms with E-state index in [2.05, 4.69) is 26.0 Å². The van der Waals surface area contributed by atoms with Gasteiger partial charge in [0, 0.05) is 17.9 Å². The Morgan fingerprint density at radius 1 is 1.50 bits per heavy atom. The summed E-state index contributed by atoms with van der Waals surface area (Å²) in [6.07, 6.45) is 6.01. The van der Waals surface area contributed by atoms with Crippen molar-refractivity contribution in [2.45, 2.75) is 51.4 Å². The Morgan fingerprint density at radius 2 is 2.22 bits per heavy atom. The van der Waals surface area contributed by atoms with E-state index in [0.29, 0.717) is 11.8 Å². The summed E-state index contributed by atoms with van der Waals surface area (Å²) in [7, 11) is 0. The zero-order chi connectivity index (χ0) is 13.1. The molecule has 102 valence electrons. The highest BCUT2D eigenvalue weighted by atomic mass is 16.6. The third-order valence-electron chi connectivity index (χ3n) is 6.00. The lowest BCUT2D eigenvalue weighted by Gasteiger charge is -2.48. The van der Waals surface area contributed by atoms with Gasteiger partial charge in [0.2, 0.25) is 0 Å². The van der Waals surface area contributed by atoms with Crippen LogP contribution in [-0.4, -0.2) is 34.6 Å². The maximum Gasteiger partial charge on any atom is 0.126 e. The van der Waals surface area contributed by atoms with Gasteiger partial charge in [0.25, 0.3) is 0 Å². The van der Waals surface area contributed by atoms with Crippen LogP contribution in [0.1, 0.15) is 33.6 Å². The highest BCUT2D eigenvalue weighted by Crippen LogP contribution is 2.65. The minimum absolute atomic E-state index is 0.00776. The third kappa shape index (κ3) is 1.30. The Hall–Kier alpha value is -0.380. The van der Waals surface area contributed by atoms with Crippen molar-refractivity contribution in [3.63, 3.8) is 0 Å². The average molecular weight is 252 g/mol. The van der Waals surface area contributed by atoms with Crippen molar-refractivity contribution in [2.75, 3.05) is 6.61 Å². The largest absolute Gasteiger partial charge is 0.396 e. The molecule has 1 saturated heterocycles. The number of epoxide rings is 1. The molecule has 2 N–H and O–H groups in total. The van der Waals surface area contributed by atoms with Crippen LogP contribution in [0.2, 0.25) is 0 Å². The lowest BCUT2D eigenvalue weighted by molar-refractivity contribution is -0.0253. The van der Waals surface area contributed by atoms with E-state index in [1.54, 1.807) is 0 Å². The Morgan fingerprint density at radius 3 is 2.89 bits per heavy atom. The summed E-state index contributed by atoms with van der Waals surface area (Å²) >= 11 is 0. The summed E-state index contributed by atoms with van der Waals surface area (Å²) < 4.78 is 6.03. The lowest BCUT2D eigenvalue weighted by Crippen LogP contribution is -2.54. The average Bonchev–Trinajstić information content (AvgIpc) is 3.11. The SMILES string of the molecule is CC(CO)[C@]12O[C@H]1[C@@]1(C)[C@H](C=CC[C@@H]1C)C[C@@H]2O. The zero-order valence-corrected chi connectivity index (χ0v) is 11.5. The van der Waals surface area contributed by atoms with Gasteiger partial charge in [-0.15, -0.1) is 0 Å². The molecule has 3 aliphatic rings. The molecular weight excluding hydrogens is 228 g/mol. The van der Waals surface area contributed by atoms with E-state index in [1.807, 2.05) is 6.92 Å². The first kappa shape index (κ1) is 12.6. The fourth-order valence-electron chi connectivity index (χ4n) is 4.37.